The van der Waals surface area contributed by atoms with E-state index >= 15 is 0 Å². The number of benzene rings is 2. The van der Waals surface area contributed by atoms with Crippen LogP contribution in [0.5, 0.6) is 0 Å². The summed E-state index contributed by atoms with van der Waals surface area (Å²) < 4.78 is 23.6. The Morgan fingerprint density at radius 1 is 0.750 bits per heavy atom. The molecule has 12 heteroatoms. The van der Waals surface area contributed by atoms with Crippen LogP contribution in [0.3, 0.4) is 0 Å². The molecule has 0 unspecified atom stereocenters. The Labute approximate surface area is 267 Å². The molecular weight excluding hydrogens is 631 g/mol. The minimum absolute atomic E-state index is 0.191. The molecule has 2 aromatic carbocycles. The number of hydrogen-bond donors (Lipinski definition) is 0. The fourth-order valence-corrected chi connectivity index (χ4v) is 5.09. The van der Waals surface area contributed by atoms with E-state index in [-0.39, 0.29) is 24.9 Å². The van der Waals surface area contributed by atoms with Crippen LogP contribution in [0.1, 0.15) is 101 Å². The van der Waals surface area contributed by atoms with Crippen molar-refractivity contribution in [1.29, 1.82) is 0 Å². The highest BCUT2D eigenvalue weighted by atomic mass is 79.9. The van der Waals surface area contributed by atoms with Gasteiger partial charge in [-0.05, 0) is 110 Å². The third-order valence-electron chi connectivity index (χ3n) is 7.56. The van der Waals surface area contributed by atoms with Crippen molar-refractivity contribution in [3.63, 3.8) is 0 Å². The summed E-state index contributed by atoms with van der Waals surface area (Å²) >= 11 is 3.34. The van der Waals surface area contributed by atoms with E-state index in [0.29, 0.717) is 11.1 Å². The Kier molecular flexibility index (Phi) is 8.89. The van der Waals surface area contributed by atoms with Crippen LogP contribution in [-0.2, 0) is 31.9 Å². The van der Waals surface area contributed by atoms with Crippen molar-refractivity contribution < 1.29 is 38.0 Å². The van der Waals surface area contributed by atoms with Crippen LogP contribution in [-0.4, -0.2) is 63.3 Å². The molecule has 1 saturated heterocycles. The number of amides is 4. The van der Waals surface area contributed by atoms with E-state index in [2.05, 4.69) is 15.9 Å². The summed E-state index contributed by atoms with van der Waals surface area (Å²) in [7, 11) is -0.504. The van der Waals surface area contributed by atoms with Crippen molar-refractivity contribution in [3.05, 3.63) is 63.1 Å². The van der Waals surface area contributed by atoms with Gasteiger partial charge in [-0.25, -0.2) is 19.4 Å². The van der Waals surface area contributed by atoms with Crippen LogP contribution in [0.2, 0.25) is 0 Å². The molecule has 2 aromatic rings. The van der Waals surface area contributed by atoms with Gasteiger partial charge in [-0.15, -0.1) is 0 Å². The van der Waals surface area contributed by atoms with E-state index in [1.165, 1.54) is 0 Å². The van der Waals surface area contributed by atoms with Crippen LogP contribution in [0.15, 0.2) is 40.9 Å². The summed E-state index contributed by atoms with van der Waals surface area (Å²) in [5.41, 5.74) is 1.38. The molecule has 3 aliphatic heterocycles. The fourth-order valence-electron chi connectivity index (χ4n) is 4.68. The molecular formula is C32H40BBrN2O8. The van der Waals surface area contributed by atoms with Gasteiger partial charge in [0, 0.05) is 15.6 Å². The van der Waals surface area contributed by atoms with Crippen molar-refractivity contribution in [3.8, 4) is 0 Å². The molecule has 0 radical (unpaired) electrons. The SMILES string of the molecule is CC(C)(C)OC(=O)N1Cc2cc(B3OC(C)(C)C(C)(C)O3)ccc2C1=O.CC(C)(C)OC(=O)N1Cc2cc(Br)ccc2C1=O. The molecule has 0 aliphatic carbocycles. The number of carbonyl (C=O) groups excluding carboxylic acids is 4. The van der Waals surface area contributed by atoms with Gasteiger partial charge in [-0.1, -0.05) is 28.1 Å². The molecule has 0 N–H and O–H groups in total. The lowest BCUT2D eigenvalue weighted by Gasteiger charge is -2.32. The third kappa shape index (κ3) is 7.19. The molecule has 3 aliphatic rings. The monoisotopic (exact) mass is 670 g/mol. The van der Waals surface area contributed by atoms with Crippen molar-refractivity contribution in [2.75, 3.05) is 0 Å². The second kappa shape index (κ2) is 11.6. The smallest absolute Gasteiger partial charge is 0.443 e. The maximum absolute atomic E-state index is 12.5. The van der Waals surface area contributed by atoms with Gasteiger partial charge in [0.2, 0.25) is 0 Å². The second-order valence-electron chi connectivity index (χ2n) is 14.0. The number of fused-ring (bicyclic) bond motifs is 2. The second-order valence-corrected chi connectivity index (χ2v) is 15.0. The lowest BCUT2D eigenvalue weighted by molar-refractivity contribution is 0.00578. The first-order chi connectivity index (χ1) is 20.1. The molecule has 3 heterocycles. The van der Waals surface area contributed by atoms with E-state index in [4.69, 9.17) is 18.8 Å². The van der Waals surface area contributed by atoms with Crippen molar-refractivity contribution >= 4 is 52.5 Å². The van der Waals surface area contributed by atoms with Crippen LogP contribution < -0.4 is 5.46 Å². The fraction of sp³-hybridized carbons (Fsp3) is 0.500. The lowest BCUT2D eigenvalue weighted by Crippen LogP contribution is -2.41. The molecule has 10 nitrogen and oxygen atoms in total. The Bertz CT molecular complexity index is 1490. The minimum atomic E-state index is -0.653. The Balaban J connectivity index is 0.000000215. The first-order valence-corrected chi connectivity index (χ1v) is 15.2. The molecule has 0 saturated carbocycles. The predicted molar refractivity (Wildman–Crippen MR) is 169 cm³/mol. The van der Waals surface area contributed by atoms with Crippen molar-refractivity contribution in [1.82, 2.24) is 9.80 Å². The van der Waals surface area contributed by atoms with Gasteiger partial charge in [0.15, 0.2) is 0 Å². The Morgan fingerprint density at radius 3 is 1.59 bits per heavy atom. The standard InChI is InChI=1S/C19H26BNO5.C13H14BrNO3/c1-17(2,3)24-16(23)21-11-12-10-13(8-9-14(12)15(21)22)20-25-18(4,5)19(6,7)26-20;1-13(2,3)18-12(17)15-7-8-6-9(14)4-5-10(8)11(15)16/h8-10H,11H2,1-7H3;4-6H,7H2,1-3H3. The first kappa shape index (κ1) is 33.7. The molecule has 0 bridgehead atoms. The van der Waals surface area contributed by atoms with Gasteiger partial charge < -0.3 is 18.8 Å². The number of hydrogen-bond acceptors (Lipinski definition) is 8. The third-order valence-corrected chi connectivity index (χ3v) is 8.05. The summed E-state index contributed by atoms with van der Waals surface area (Å²) in [6.45, 7) is 19.1. The average Bonchev–Trinajstić information content (AvgIpc) is 3.45. The van der Waals surface area contributed by atoms with Gasteiger partial charge in [0.25, 0.3) is 11.8 Å². The summed E-state index contributed by atoms with van der Waals surface area (Å²) in [5, 5.41) is 0. The number of nitrogens with zero attached hydrogens (tertiary/aromatic N) is 2. The number of carbonyl (C=O) groups is 4. The maximum atomic E-state index is 12.5. The number of halogens is 1. The van der Waals surface area contributed by atoms with Crippen LogP contribution in [0.4, 0.5) is 9.59 Å². The zero-order valence-electron chi connectivity index (χ0n) is 27.0. The van der Waals surface area contributed by atoms with E-state index in [1.807, 2.05) is 45.9 Å². The Morgan fingerprint density at radius 2 is 1.16 bits per heavy atom. The minimum Gasteiger partial charge on any atom is -0.443 e. The highest BCUT2D eigenvalue weighted by Gasteiger charge is 2.52. The molecule has 5 rings (SSSR count). The molecule has 44 heavy (non-hydrogen) atoms. The number of rotatable bonds is 1. The summed E-state index contributed by atoms with van der Waals surface area (Å²) in [4.78, 5) is 51.0. The molecule has 236 valence electrons. The van der Waals surface area contributed by atoms with Crippen LogP contribution in [0, 0.1) is 0 Å². The summed E-state index contributed by atoms with van der Waals surface area (Å²) in [5.74, 6) is -0.638. The van der Waals surface area contributed by atoms with Gasteiger partial charge in [0.05, 0.1) is 24.3 Å². The van der Waals surface area contributed by atoms with E-state index < -0.39 is 41.7 Å². The molecule has 0 atom stereocenters. The van der Waals surface area contributed by atoms with Crippen LogP contribution >= 0.6 is 15.9 Å². The summed E-state index contributed by atoms with van der Waals surface area (Å²) in [6, 6.07) is 10.8. The zero-order chi connectivity index (χ0) is 33.0. The van der Waals surface area contributed by atoms with Gasteiger partial charge >= 0.3 is 19.3 Å². The van der Waals surface area contributed by atoms with Gasteiger partial charge in [-0.3, -0.25) is 9.59 Å². The summed E-state index contributed by atoms with van der Waals surface area (Å²) in [6.07, 6.45) is -1.23. The average molecular weight is 671 g/mol. The quantitative estimate of drug-likeness (QED) is 0.329. The first-order valence-electron chi connectivity index (χ1n) is 14.5. The molecule has 4 amide bonds. The Hall–Kier alpha value is -3.22. The predicted octanol–water partition coefficient (Wildman–Crippen LogP) is 6.22. The highest BCUT2D eigenvalue weighted by Crippen LogP contribution is 2.37. The van der Waals surface area contributed by atoms with E-state index in [0.717, 1.165) is 30.9 Å². The number of ether oxygens (including phenoxy) is 2. The topological polar surface area (TPSA) is 112 Å². The van der Waals surface area contributed by atoms with Gasteiger partial charge in [-0.2, -0.15) is 0 Å². The molecule has 1 fully saturated rings. The molecule has 0 spiro atoms. The largest absolute Gasteiger partial charge is 0.494 e. The van der Waals surface area contributed by atoms with E-state index in [9.17, 15) is 19.2 Å². The maximum Gasteiger partial charge on any atom is 0.494 e. The van der Waals surface area contributed by atoms with Gasteiger partial charge in [0.1, 0.15) is 11.2 Å². The zero-order valence-corrected chi connectivity index (χ0v) is 28.6. The number of imide groups is 2. The van der Waals surface area contributed by atoms with Crippen molar-refractivity contribution in [2.45, 2.75) is 105 Å². The molecule has 0 aromatic heterocycles. The van der Waals surface area contributed by atoms with Crippen molar-refractivity contribution in [2.24, 2.45) is 0 Å². The lowest BCUT2D eigenvalue weighted by atomic mass is 9.78. The normalized spacial score (nSPS) is 18.5. The van der Waals surface area contributed by atoms with Crippen LogP contribution in [0.25, 0.3) is 0 Å². The van der Waals surface area contributed by atoms with E-state index in [1.54, 1.807) is 59.7 Å². The highest BCUT2D eigenvalue weighted by molar-refractivity contribution is 9.10.